The molecule has 8 heteroatoms. The molecule has 27 heavy (non-hydrogen) atoms. The van der Waals surface area contributed by atoms with Crippen molar-refractivity contribution < 1.29 is 13.2 Å². The van der Waals surface area contributed by atoms with E-state index in [0.29, 0.717) is 16.9 Å². The van der Waals surface area contributed by atoms with Crippen molar-refractivity contribution in [2.75, 3.05) is 11.8 Å². The molecular formula is C19H19N3O4S. The molecule has 140 valence electrons. The van der Waals surface area contributed by atoms with Crippen LogP contribution < -0.4 is 15.0 Å². The van der Waals surface area contributed by atoms with Gasteiger partial charge in [-0.05, 0) is 55.3 Å². The highest BCUT2D eigenvalue weighted by molar-refractivity contribution is 7.92. The number of aryl methyl sites for hydroxylation is 1. The van der Waals surface area contributed by atoms with Gasteiger partial charge >= 0.3 is 0 Å². The molecule has 0 aliphatic heterocycles. The summed E-state index contributed by atoms with van der Waals surface area (Å²) in [5.74, 6) is 0.209. The van der Waals surface area contributed by atoms with Gasteiger partial charge in [0.1, 0.15) is 10.6 Å². The predicted molar refractivity (Wildman–Crippen MR) is 104 cm³/mol. The number of H-pyrrole nitrogens is 1. The van der Waals surface area contributed by atoms with E-state index in [0.717, 1.165) is 11.1 Å². The summed E-state index contributed by atoms with van der Waals surface area (Å²) in [6.07, 6.45) is 0. The van der Waals surface area contributed by atoms with Gasteiger partial charge in [-0.3, -0.25) is 9.52 Å². The standard InChI is InChI=1S/C19H19N3O4S/c1-12-5-4-6-15(13(12)2)22-27(24,25)18-11-14(7-9-17(18)26-3)16-8-10-19(23)21-20-16/h4-11,22H,1-3H3,(H,21,23). The zero-order valence-corrected chi connectivity index (χ0v) is 15.9. The van der Waals surface area contributed by atoms with Crippen LogP contribution in [0.15, 0.2) is 58.2 Å². The molecule has 0 spiro atoms. The lowest BCUT2D eigenvalue weighted by atomic mass is 10.1. The third-order valence-corrected chi connectivity index (χ3v) is 5.66. The van der Waals surface area contributed by atoms with Crippen molar-refractivity contribution in [3.05, 3.63) is 70.0 Å². The number of hydrogen-bond acceptors (Lipinski definition) is 5. The van der Waals surface area contributed by atoms with E-state index in [2.05, 4.69) is 14.9 Å². The molecule has 2 aromatic carbocycles. The SMILES string of the molecule is COc1ccc(-c2ccc(=O)[nH]n2)cc1S(=O)(=O)Nc1cccc(C)c1C. The van der Waals surface area contributed by atoms with E-state index in [1.165, 1.54) is 25.3 Å². The number of nitrogens with zero attached hydrogens (tertiary/aromatic N) is 1. The van der Waals surface area contributed by atoms with Crippen LogP contribution in [-0.2, 0) is 10.0 Å². The van der Waals surface area contributed by atoms with Crippen LogP contribution in [0.1, 0.15) is 11.1 Å². The molecule has 0 aliphatic rings. The number of aromatic nitrogens is 2. The first-order chi connectivity index (χ1) is 12.8. The number of sulfonamides is 1. The van der Waals surface area contributed by atoms with E-state index in [-0.39, 0.29) is 16.2 Å². The number of benzene rings is 2. The molecule has 1 heterocycles. The third-order valence-electron chi connectivity index (χ3n) is 4.28. The van der Waals surface area contributed by atoms with Crippen LogP contribution in [0, 0.1) is 13.8 Å². The van der Waals surface area contributed by atoms with Crippen LogP contribution >= 0.6 is 0 Å². The first-order valence-electron chi connectivity index (χ1n) is 8.15. The summed E-state index contributed by atoms with van der Waals surface area (Å²) in [4.78, 5) is 11.2. The van der Waals surface area contributed by atoms with Crippen molar-refractivity contribution in [1.29, 1.82) is 0 Å². The zero-order valence-electron chi connectivity index (χ0n) is 15.1. The number of aromatic amines is 1. The molecule has 2 N–H and O–H groups in total. The van der Waals surface area contributed by atoms with Gasteiger partial charge in [0.05, 0.1) is 18.5 Å². The average Bonchev–Trinajstić information content (AvgIpc) is 2.65. The lowest BCUT2D eigenvalue weighted by Gasteiger charge is -2.15. The Labute approximate surface area is 157 Å². The molecule has 0 amide bonds. The Balaban J connectivity index is 2.08. The normalized spacial score (nSPS) is 11.2. The molecule has 7 nitrogen and oxygen atoms in total. The van der Waals surface area contributed by atoms with Gasteiger partial charge < -0.3 is 4.74 Å². The maximum absolute atomic E-state index is 13.0. The van der Waals surface area contributed by atoms with Gasteiger partial charge in [0.15, 0.2) is 0 Å². The Morgan fingerprint density at radius 3 is 2.52 bits per heavy atom. The molecular weight excluding hydrogens is 366 g/mol. The van der Waals surface area contributed by atoms with Gasteiger partial charge in [0.25, 0.3) is 15.6 Å². The second-order valence-corrected chi connectivity index (χ2v) is 7.68. The molecule has 1 aromatic heterocycles. The highest BCUT2D eigenvalue weighted by Crippen LogP contribution is 2.31. The second kappa shape index (κ2) is 7.24. The number of rotatable bonds is 5. The molecule has 0 saturated heterocycles. The summed E-state index contributed by atoms with van der Waals surface area (Å²) in [5.41, 5.74) is 2.97. The Bertz CT molecular complexity index is 1130. The minimum absolute atomic E-state index is 0.0172. The molecule has 0 unspecified atom stereocenters. The first kappa shape index (κ1) is 18.7. The van der Waals surface area contributed by atoms with Crippen LogP contribution in [0.2, 0.25) is 0 Å². The van der Waals surface area contributed by atoms with Crippen molar-refractivity contribution in [2.24, 2.45) is 0 Å². The van der Waals surface area contributed by atoms with E-state index in [1.807, 2.05) is 19.9 Å². The summed E-state index contributed by atoms with van der Waals surface area (Å²) in [5, 5.41) is 6.28. The molecule has 0 bridgehead atoms. The minimum Gasteiger partial charge on any atom is -0.495 e. The second-order valence-electron chi connectivity index (χ2n) is 6.03. The summed E-state index contributed by atoms with van der Waals surface area (Å²) < 4.78 is 33.9. The fourth-order valence-corrected chi connectivity index (χ4v) is 3.93. The Morgan fingerprint density at radius 1 is 1.07 bits per heavy atom. The minimum atomic E-state index is -3.91. The van der Waals surface area contributed by atoms with Gasteiger partial charge in [-0.25, -0.2) is 13.5 Å². The van der Waals surface area contributed by atoms with Gasteiger partial charge in [-0.2, -0.15) is 5.10 Å². The molecule has 0 saturated carbocycles. The van der Waals surface area contributed by atoms with Crippen LogP contribution in [0.5, 0.6) is 5.75 Å². The van der Waals surface area contributed by atoms with Crippen molar-refractivity contribution in [3.63, 3.8) is 0 Å². The molecule has 3 rings (SSSR count). The smallest absolute Gasteiger partial charge is 0.265 e. The van der Waals surface area contributed by atoms with Crippen LogP contribution in [0.25, 0.3) is 11.3 Å². The molecule has 0 radical (unpaired) electrons. The van der Waals surface area contributed by atoms with E-state index in [4.69, 9.17) is 4.74 Å². The molecule has 0 atom stereocenters. The Morgan fingerprint density at radius 2 is 1.85 bits per heavy atom. The lowest BCUT2D eigenvalue weighted by Crippen LogP contribution is -2.15. The van der Waals surface area contributed by atoms with Crippen LogP contribution in [-0.4, -0.2) is 25.7 Å². The zero-order chi connectivity index (χ0) is 19.6. The summed E-state index contributed by atoms with van der Waals surface area (Å²) in [7, 11) is -2.50. The highest BCUT2D eigenvalue weighted by Gasteiger charge is 2.22. The molecule has 3 aromatic rings. The number of ether oxygens (including phenoxy) is 1. The summed E-state index contributed by atoms with van der Waals surface area (Å²) >= 11 is 0. The van der Waals surface area contributed by atoms with E-state index in [1.54, 1.807) is 24.3 Å². The van der Waals surface area contributed by atoms with Gasteiger partial charge in [0, 0.05) is 11.6 Å². The third kappa shape index (κ3) is 3.85. The fraction of sp³-hybridized carbons (Fsp3) is 0.158. The monoisotopic (exact) mass is 385 g/mol. The maximum atomic E-state index is 13.0. The highest BCUT2D eigenvalue weighted by atomic mass is 32.2. The number of methoxy groups -OCH3 is 1. The van der Waals surface area contributed by atoms with Gasteiger partial charge in [-0.15, -0.1) is 0 Å². The quantitative estimate of drug-likeness (QED) is 0.703. The van der Waals surface area contributed by atoms with E-state index >= 15 is 0 Å². The van der Waals surface area contributed by atoms with Crippen LogP contribution in [0.3, 0.4) is 0 Å². The van der Waals surface area contributed by atoms with Crippen molar-refractivity contribution in [1.82, 2.24) is 10.2 Å². The number of hydrogen-bond donors (Lipinski definition) is 2. The Kier molecular flexibility index (Phi) is 5.00. The number of nitrogens with one attached hydrogen (secondary N) is 2. The van der Waals surface area contributed by atoms with Crippen LogP contribution in [0.4, 0.5) is 5.69 Å². The average molecular weight is 385 g/mol. The molecule has 0 fully saturated rings. The van der Waals surface area contributed by atoms with Crippen molar-refractivity contribution in [2.45, 2.75) is 18.7 Å². The number of anilines is 1. The molecule has 0 aliphatic carbocycles. The van der Waals surface area contributed by atoms with E-state index < -0.39 is 10.0 Å². The maximum Gasteiger partial charge on any atom is 0.265 e. The van der Waals surface area contributed by atoms with Gasteiger partial charge in [0.2, 0.25) is 0 Å². The predicted octanol–water partition coefficient (Wildman–Crippen LogP) is 2.86. The first-order valence-corrected chi connectivity index (χ1v) is 9.63. The summed E-state index contributed by atoms with van der Waals surface area (Å²) in [6.45, 7) is 3.77. The van der Waals surface area contributed by atoms with Crippen molar-refractivity contribution in [3.8, 4) is 17.0 Å². The fourth-order valence-electron chi connectivity index (χ4n) is 2.61. The lowest BCUT2D eigenvalue weighted by molar-refractivity contribution is 0.403. The largest absolute Gasteiger partial charge is 0.495 e. The van der Waals surface area contributed by atoms with E-state index in [9.17, 15) is 13.2 Å². The summed E-state index contributed by atoms with van der Waals surface area (Å²) in [6, 6.07) is 13.0. The Hall–Kier alpha value is -3.13. The van der Waals surface area contributed by atoms with Gasteiger partial charge in [-0.1, -0.05) is 12.1 Å². The topological polar surface area (TPSA) is 101 Å². The van der Waals surface area contributed by atoms with Crippen molar-refractivity contribution >= 4 is 15.7 Å².